The molecule has 0 bridgehead atoms. The minimum atomic E-state index is 0.831. The highest BCUT2D eigenvalue weighted by Crippen LogP contribution is 2.36. The van der Waals surface area contributed by atoms with Crippen LogP contribution in [0.25, 0.3) is 27.9 Å². The van der Waals surface area contributed by atoms with Crippen LogP contribution in [0.1, 0.15) is 0 Å². The molecule has 5 rings (SSSR count). The number of ether oxygens (including phenoxy) is 1. The number of piperazine rings is 1. The van der Waals surface area contributed by atoms with Crippen LogP contribution in [0.2, 0.25) is 0 Å². The molecule has 0 N–H and O–H groups in total. The van der Waals surface area contributed by atoms with E-state index in [-0.39, 0.29) is 0 Å². The topological polar surface area (TPSA) is 45.9 Å². The van der Waals surface area contributed by atoms with Crippen molar-refractivity contribution in [2.45, 2.75) is 0 Å². The summed E-state index contributed by atoms with van der Waals surface area (Å²) in [4.78, 5) is 9.52. The second-order valence-corrected chi connectivity index (χ2v) is 8.14. The van der Waals surface area contributed by atoms with Crippen molar-refractivity contribution in [1.82, 2.24) is 19.5 Å². The lowest BCUT2D eigenvalue weighted by atomic mass is 10.1. The highest BCUT2D eigenvalue weighted by atomic mass is 32.1. The van der Waals surface area contributed by atoms with Gasteiger partial charge in [0.2, 0.25) is 0 Å². The molecule has 148 valence electrons. The number of hydrogen-bond donors (Lipinski definition) is 0. The van der Waals surface area contributed by atoms with Crippen LogP contribution in [-0.2, 0) is 0 Å². The first kappa shape index (κ1) is 18.1. The van der Waals surface area contributed by atoms with Crippen molar-refractivity contribution in [1.29, 1.82) is 0 Å². The summed E-state index contributed by atoms with van der Waals surface area (Å²) in [6.45, 7) is 4.20. The minimum Gasteiger partial charge on any atom is -0.496 e. The summed E-state index contributed by atoms with van der Waals surface area (Å²) in [5.74, 6) is 0.835. The smallest absolute Gasteiger partial charge is 0.162 e. The van der Waals surface area contributed by atoms with Crippen LogP contribution in [-0.4, -0.2) is 59.8 Å². The molecule has 1 aliphatic rings. The largest absolute Gasteiger partial charge is 0.496 e. The van der Waals surface area contributed by atoms with Gasteiger partial charge in [-0.2, -0.15) is 16.4 Å². The summed E-state index contributed by atoms with van der Waals surface area (Å²) in [5.41, 5.74) is 6.27. The summed E-state index contributed by atoms with van der Waals surface area (Å²) in [7, 11) is 3.88. The maximum atomic E-state index is 5.67. The summed E-state index contributed by atoms with van der Waals surface area (Å²) in [5, 5.41) is 8.77. The van der Waals surface area contributed by atoms with E-state index >= 15 is 0 Å². The Hall–Kier alpha value is -2.90. The van der Waals surface area contributed by atoms with Crippen LogP contribution in [0, 0.1) is 0 Å². The monoisotopic (exact) mass is 405 g/mol. The van der Waals surface area contributed by atoms with Crippen LogP contribution in [0.4, 0.5) is 5.69 Å². The lowest BCUT2D eigenvalue weighted by molar-refractivity contribution is 0.313. The molecule has 3 aromatic heterocycles. The summed E-state index contributed by atoms with van der Waals surface area (Å²) >= 11 is 1.68. The van der Waals surface area contributed by atoms with E-state index < -0.39 is 0 Å². The number of nitrogens with zero attached hydrogens (tertiary/aromatic N) is 5. The van der Waals surface area contributed by atoms with Crippen molar-refractivity contribution in [3.05, 3.63) is 53.6 Å². The number of hydrogen-bond acceptors (Lipinski definition) is 6. The lowest BCUT2D eigenvalue weighted by Crippen LogP contribution is -2.44. The van der Waals surface area contributed by atoms with E-state index in [0.717, 1.165) is 59.8 Å². The van der Waals surface area contributed by atoms with Gasteiger partial charge >= 0.3 is 0 Å². The molecule has 1 saturated heterocycles. The van der Waals surface area contributed by atoms with Crippen LogP contribution in [0.3, 0.4) is 0 Å². The van der Waals surface area contributed by atoms with Gasteiger partial charge in [-0.1, -0.05) is 0 Å². The van der Waals surface area contributed by atoms with Crippen molar-refractivity contribution in [2.24, 2.45) is 0 Å². The standard InChI is InChI=1S/C22H23N5OS/c1-25-6-8-26(9-7-25)18-3-4-21(28-2)19(11-18)20-13-24-27-14-17(12-23-22(20)27)16-5-10-29-15-16/h3-5,10-15H,6-9H2,1-2H3. The Balaban J connectivity index is 1.55. The van der Waals surface area contributed by atoms with Gasteiger partial charge in [0.25, 0.3) is 0 Å². The van der Waals surface area contributed by atoms with E-state index in [2.05, 4.69) is 50.9 Å². The zero-order valence-electron chi connectivity index (χ0n) is 16.6. The molecule has 0 saturated carbocycles. The van der Waals surface area contributed by atoms with Crippen molar-refractivity contribution in [3.8, 4) is 28.0 Å². The maximum absolute atomic E-state index is 5.67. The van der Waals surface area contributed by atoms with Gasteiger partial charge in [0, 0.05) is 55.4 Å². The predicted octanol–water partition coefficient (Wildman–Crippen LogP) is 3.89. The van der Waals surface area contributed by atoms with Crippen LogP contribution in [0.5, 0.6) is 5.75 Å². The molecule has 4 heterocycles. The fraction of sp³-hybridized carbons (Fsp3) is 0.273. The number of thiophene rings is 1. The van der Waals surface area contributed by atoms with E-state index in [9.17, 15) is 0 Å². The van der Waals surface area contributed by atoms with Gasteiger partial charge in [-0.3, -0.25) is 0 Å². The number of methoxy groups -OCH3 is 1. The molecule has 0 spiro atoms. The third-order valence-corrected chi connectivity index (χ3v) is 6.24. The van der Waals surface area contributed by atoms with Gasteiger partial charge in [0.05, 0.1) is 18.9 Å². The molecule has 7 heteroatoms. The van der Waals surface area contributed by atoms with Crippen LogP contribution >= 0.6 is 11.3 Å². The highest BCUT2D eigenvalue weighted by molar-refractivity contribution is 7.08. The fourth-order valence-corrected chi connectivity index (χ4v) is 4.48. The van der Waals surface area contributed by atoms with Crippen molar-refractivity contribution >= 4 is 22.7 Å². The third-order valence-electron chi connectivity index (χ3n) is 5.55. The zero-order chi connectivity index (χ0) is 19.8. The minimum absolute atomic E-state index is 0.831. The van der Waals surface area contributed by atoms with Crippen LogP contribution < -0.4 is 9.64 Å². The summed E-state index contributed by atoms with van der Waals surface area (Å²) in [6.07, 6.45) is 5.83. The van der Waals surface area contributed by atoms with Crippen LogP contribution in [0.15, 0.2) is 53.6 Å². The van der Waals surface area contributed by atoms with Gasteiger partial charge in [-0.15, -0.1) is 0 Å². The number of anilines is 1. The molecule has 1 aromatic carbocycles. The molecule has 0 amide bonds. The lowest BCUT2D eigenvalue weighted by Gasteiger charge is -2.34. The molecule has 4 aromatic rings. The maximum Gasteiger partial charge on any atom is 0.162 e. The Kier molecular flexibility index (Phi) is 4.69. The molecule has 0 aliphatic carbocycles. The number of benzene rings is 1. The average Bonchev–Trinajstić information content (AvgIpc) is 3.43. The Morgan fingerprint density at radius 1 is 1.00 bits per heavy atom. The molecule has 0 unspecified atom stereocenters. The Morgan fingerprint density at radius 3 is 2.62 bits per heavy atom. The van der Waals surface area contributed by atoms with Gasteiger partial charge in [-0.25, -0.2) is 9.50 Å². The van der Waals surface area contributed by atoms with Gasteiger partial charge < -0.3 is 14.5 Å². The van der Waals surface area contributed by atoms with E-state index in [4.69, 9.17) is 9.72 Å². The SMILES string of the molecule is COc1ccc(N2CCN(C)CC2)cc1-c1cnn2cc(-c3ccsc3)cnc12. The molecular formula is C22H23N5OS. The number of aromatic nitrogens is 3. The second-order valence-electron chi connectivity index (χ2n) is 7.36. The van der Waals surface area contributed by atoms with Crippen molar-refractivity contribution in [2.75, 3.05) is 45.2 Å². The average molecular weight is 406 g/mol. The molecule has 1 fully saturated rings. The normalized spacial score (nSPS) is 15.2. The van der Waals surface area contributed by atoms with E-state index in [0.29, 0.717) is 0 Å². The molecule has 29 heavy (non-hydrogen) atoms. The van der Waals surface area contributed by atoms with E-state index in [1.54, 1.807) is 18.4 Å². The summed E-state index contributed by atoms with van der Waals surface area (Å²) < 4.78 is 7.52. The third kappa shape index (κ3) is 3.36. The van der Waals surface area contributed by atoms with Gasteiger partial charge in [0.1, 0.15) is 5.75 Å². The zero-order valence-corrected chi connectivity index (χ0v) is 17.4. The Morgan fingerprint density at radius 2 is 1.86 bits per heavy atom. The van der Waals surface area contributed by atoms with Crippen molar-refractivity contribution < 1.29 is 4.74 Å². The van der Waals surface area contributed by atoms with E-state index in [1.165, 1.54) is 5.69 Å². The number of fused-ring (bicyclic) bond motifs is 1. The molecule has 6 nitrogen and oxygen atoms in total. The van der Waals surface area contributed by atoms with Crippen molar-refractivity contribution in [3.63, 3.8) is 0 Å². The molecule has 1 aliphatic heterocycles. The van der Waals surface area contributed by atoms with Gasteiger partial charge in [0.15, 0.2) is 5.65 Å². The Labute approximate surface area is 174 Å². The predicted molar refractivity (Wildman–Crippen MR) is 118 cm³/mol. The summed E-state index contributed by atoms with van der Waals surface area (Å²) in [6, 6.07) is 8.49. The quantitative estimate of drug-likeness (QED) is 0.516. The molecule has 0 atom stereocenters. The first-order valence-electron chi connectivity index (χ1n) is 9.71. The first-order valence-corrected chi connectivity index (χ1v) is 10.6. The first-order chi connectivity index (χ1) is 14.2. The van der Waals surface area contributed by atoms with Gasteiger partial charge in [-0.05, 0) is 47.6 Å². The Bertz CT molecular complexity index is 1130. The number of likely N-dealkylation sites (N-methyl/N-ethyl adjacent to an activating group) is 1. The van der Waals surface area contributed by atoms with E-state index in [1.807, 2.05) is 29.2 Å². The number of rotatable bonds is 4. The highest BCUT2D eigenvalue weighted by Gasteiger charge is 2.18. The second kappa shape index (κ2) is 7.50. The molecule has 0 radical (unpaired) electrons. The molecular weight excluding hydrogens is 382 g/mol. The fourth-order valence-electron chi connectivity index (χ4n) is 3.81.